The van der Waals surface area contributed by atoms with Crippen molar-refractivity contribution in [2.75, 3.05) is 19.6 Å². The Bertz CT molecular complexity index is 1240. The Labute approximate surface area is 201 Å². The van der Waals surface area contributed by atoms with E-state index in [0.29, 0.717) is 12.4 Å². The largest absolute Gasteiger partial charge is 0.367 e. The second-order valence-electron chi connectivity index (χ2n) is 8.97. The van der Waals surface area contributed by atoms with Crippen LogP contribution in [0.15, 0.2) is 52.7 Å². The van der Waals surface area contributed by atoms with E-state index in [2.05, 4.69) is 41.9 Å². The Morgan fingerprint density at radius 2 is 1.94 bits per heavy atom. The number of amides is 1. The quantitative estimate of drug-likeness (QED) is 0.640. The molecule has 0 aromatic carbocycles. The van der Waals surface area contributed by atoms with E-state index in [4.69, 9.17) is 4.98 Å². The van der Waals surface area contributed by atoms with Gasteiger partial charge >= 0.3 is 0 Å². The van der Waals surface area contributed by atoms with Gasteiger partial charge in [-0.2, -0.15) is 0 Å². The number of hydrogen-bond acceptors (Lipinski definition) is 5. The van der Waals surface area contributed by atoms with Crippen LogP contribution < -0.4 is 5.56 Å². The third kappa shape index (κ3) is 5.03. The zero-order valence-electron chi connectivity index (χ0n) is 20.5. The highest BCUT2D eigenvalue weighted by molar-refractivity contribution is 5.76. The number of pyridine rings is 1. The Kier molecular flexibility index (Phi) is 7.10. The van der Waals surface area contributed by atoms with Crippen LogP contribution in [0.2, 0.25) is 0 Å². The van der Waals surface area contributed by atoms with Crippen molar-refractivity contribution in [3.63, 3.8) is 0 Å². The van der Waals surface area contributed by atoms with Crippen molar-refractivity contribution >= 4 is 17.6 Å². The normalized spacial score (nSPS) is 16.9. The van der Waals surface area contributed by atoms with E-state index in [1.807, 2.05) is 17.2 Å². The topological polar surface area (TPSA) is 71.3 Å². The molecule has 2 aliphatic heterocycles. The number of allylic oxidation sites excluding steroid dienone is 2. The van der Waals surface area contributed by atoms with Crippen LogP contribution in [0, 0.1) is 0 Å². The molecule has 0 saturated heterocycles. The van der Waals surface area contributed by atoms with Crippen molar-refractivity contribution in [3.05, 3.63) is 80.9 Å². The lowest BCUT2D eigenvalue weighted by molar-refractivity contribution is -0.128. The molecule has 178 valence electrons. The number of fused-ring (bicyclic) bond motifs is 1. The molecule has 0 radical (unpaired) electrons. The monoisotopic (exact) mass is 459 g/mol. The Morgan fingerprint density at radius 1 is 1.15 bits per heavy atom. The first kappa shape index (κ1) is 23.7. The van der Waals surface area contributed by atoms with Crippen molar-refractivity contribution < 1.29 is 4.79 Å². The van der Waals surface area contributed by atoms with Crippen LogP contribution in [0.1, 0.15) is 56.3 Å². The molecule has 0 fully saturated rings. The highest BCUT2D eigenvalue weighted by Crippen LogP contribution is 2.29. The molecule has 0 atom stereocenters. The molecule has 0 saturated carbocycles. The van der Waals surface area contributed by atoms with Crippen molar-refractivity contribution in [1.29, 1.82) is 0 Å². The van der Waals surface area contributed by atoms with Crippen LogP contribution in [0.3, 0.4) is 0 Å². The van der Waals surface area contributed by atoms with E-state index in [1.54, 1.807) is 24.7 Å². The van der Waals surface area contributed by atoms with Crippen LogP contribution in [0.25, 0.3) is 11.6 Å². The summed E-state index contributed by atoms with van der Waals surface area (Å²) < 4.78 is 1.57. The van der Waals surface area contributed by atoms with Crippen LogP contribution in [0.4, 0.5) is 0 Å². The van der Waals surface area contributed by atoms with Gasteiger partial charge in [-0.15, -0.1) is 0 Å². The van der Waals surface area contributed by atoms with Gasteiger partial charge in [-0.3, -0.25) is 19.1 Å². The van der Waals surface area contributed by atoms with E-state index in [1.165, 1.54) is 22.9 Å². The number of carbonyl (C=O) groups excluding carboxylic acids is 1. The minimum absolute atomic E-state index is 0.0657. The standard InChI is InChI=1S/C27H33N5O2/c1-5-6-25(19(2)15-26-28-11-7-27(34)30(26)4)32-14-10-24-23(18-32)16-22(17-29-24)21-8-12-31(13-9-21)20(3)33/h6-8,11,15-17H,5,9-10,12-14,18H2,1-4H3/b19-15-,25-6-. The maximum Gasteiger partial charge on any atom is 0.253 e. The van der Waals surface area contributed by atoms with Gasteiger partial charge < -0.3 is 9.80 Å². The molecule has 2 aliphatic rings. The third-order valence-electron chi connectivity index (χ3n) is 6.65. The van der Waals surface area contributed by atoms with Gasteiger partial charge in [0.2, 0.25) is 5.91 Å². The Hall–Kier alpha value is -3.48. The fourth-order valence-electron chi connectivity index (χ4n) is 4.65. The van der Waals surface area contributed by atoms with Crippen molar-refractivity contribution in [2.45, 2.75) is 46.6 Å². The zero-order chi connectivity index (χ0) is 24.2. The highest BCUT2D eigenvalue weighted by atomic mass is 16.2. The first-order chi connectivity index (χ1) is 16.4. The molecule has 0 unspecified atom stereocenters. The summed E-state index contributed by atoms with van der Waals surface area (Å²) in [4.78, 5) is 37.1. The van der Waals surface area contributed by atoms with Crippen LogP contribution >= 0.6 is 0 Å². The summed E-state index contributed by atoms with van der Waals surface area (Å²) in [7, 11) is 1.75. The van der Waals surface area contributed by atoms with E-state index >= 15 is 0 Å². The summed E-state index contributed by atoms with van der Waals surface area (Å²) in [6.45, 7) is 8.96. The van der Waals surface area contributed by atoms with Crippen molar-refractivity contribution in [2.24, 2.45) is 7.05 Å². The van der Waals surface area contributed by atoms with E-state index < -0.39 is 0 Å². The molecule has 7 nitrogen and oxygen atoms in total. The van der Waals surface area contributed by atoms with Crippen LogP contribution in [0.5, 0.6) is 0 Å². The lowest BCUT2D eigenvalue weighted by Gasteiger charge is -2.33. The molecule has 2 aromatic rings. The second kappa shape index (κ2) is 10.2. The number of nitrogens with zero attached hydrogens (tertiary/aromatic N) is 5. The predicted octanol–water partition coefficient (Wildman–Crippen LogP) is 3.57. The fourth-order valence-corrected chi connectivity index (χ4v) is 4.65. The number of rotatable bonds is 5. The summed E-state index contributed by atoms with van der Waals surface area (Å²) >= 11 is 0. The smallest absolute Gasteiger partial charge is 0.253 e. The summed E-state index contributed by atoms with van der Waals surface area (Å²) in [5.41, 5.74) is 7.02. The maximum absolute atomic E-state index is 12.0. The lowest BCUT2D eigenvalue weighted by atomic mass is 9.96. The van der Waals surface area contributed by atoms with E-state index in [0.717, 1.165) is 55.7 Å². The number of hydrogen-bond donors (Lipinski definition) is 0. The van der Waals surface area contributed by atoms with Gasteiger partial charge in [0.25, 0.3) is 5.56 Å². The fraction of sp³-hybridized carbons (Fsp3) is 0.407. The average molecular weight is 460 g/mol. The summed E-state index contributed by atoms with van der Waals surface area (Å²) in [6.07, 6.45) is 12.6. The van der Waals surface area contributed by atoms with Crippen LogP contribution in [-0.4, -0.2) is 49.9 Å². The summed E-state index contributed by atoms with van der Waals surface area (Å²) in [5, 5.41) is 0. The summed E-state index contributed by atoms with van der Waals surface area (Å²) in [6, 6.07) is 3.75. The molecular formula is C27H33N5O2. The Balaban J connectivity index is 1.58. The van der Waals surface area contributed by atoms with Gasteiger partial charge in [-0.1, -0.05) is 19.1 Å². The molecular weight excluding hydrogens is 426 g/mol. The molecule has 0 N–H and O–H groups in total. The highest BCUT2D eigenvalue weighted by Gasteiger charge is 2.22. The van der Waals surface area contributed by atoms with Gasteiger partial charge in [0.1, 0.15) is 5.82 Å². The van der Waals surface area contributed by atoms with Gasteiger partial charge in [-0.25, -0.2) is 4.98 Å². The van der Waals surface area contributed by atoms with Gasteiger partial charge in [0, 0.05) is 76.4 Å². The molecule has 7 heteroatoms. The van der Waals surface area contributed by atoms with Crippen molar-refractivity contribution in [3.8, 4) is 0 Å². The van der Waals surface area contributed by atoms with E-state index in [9.17, 15) is 9.59 Å². The maximum atomic E-state index is 12.0. The van der Waals surface area contributed by atoms with E-state index in [-0.39, 0.29) is 11.5 Å². The average Bonchev–Trinajstić information content (AvgIpc) is 2.84. The molecule has 34 heavy (non-hydrogen) atoms. The zero-order valence-corrected chi connectivity index (χ0v) is 20.5. The lowest BCUT2D eigenvalue weighted by Crippen LogP contribution is -2.33. The van der Waals surface area contributed by atoms with Gasteiger partial charge in [0.05, 0.1) is 0 Å². The van der Waals surface area contributed by atoms with Gasteiger partial charge in [0.15, 0.2) is 0 Å². The molecule has 0 bridgehead atoms. The number of carbonyl (C=O) groups is 1. The molecule has 4 heterocycles. The predicted molar refractivity (Wildman–Crippen MR) is 135 cm³/mol. The minimum Gasteiger partial charge on any atom is -0.367 e. The first-order valence-electron chi connectivity index (χ1n) is 12.0. The van der Waals surface area contributed by atoms with Crippen molar-refractivity contribution in [1.82, 2.24) is 24.3 Å². The van der Waals surface area contributed by atoms with Gasteiger partial charge in [-0.05, 0) is 54.2 Å². The molecule has 2 aromatic heterocycles. The Morgan fingerprint density at radius 3 is 2.65 bits per heavy atom. The second-order valence-corrected chi connectivity index (χ2v) is 8.97. The molecule has 4 rings (SSSR count). The SMILES string of the molecule is CC/C=C(/C(C)=C\c1nccc(=O)n1C)N1CCc2ncc(C3=CCN(C(C)=O)CC3)cc2C1. The molecule has 1 amide bonds. The summed E-state index contributed by atoms with van der Waals surface area (Å²) in [5.74, 6) is 0.774. The minimum atomic E-state index is -0.0657. The first-order valence-corrected chi connectivity index (χ1v) is 12.0. The molecule has 0 aliphatic carbocycles. The molecule has 0 spiro atoms. The number of aromatic nitrogens is 3. The van der Waals surface area contributed by atoms with Crippen LogP contribution in [-0.2, 0) is 24.8 Å². The third-order valence-corrected chi connectivity index (χ3v) is 6.65.